The van der Waals surface area contributed by atoms with Gasteiger partial charge in [-0.2, -0.15) is 0 Å². The first kappa shape index (κ1) is 65.1. The Labute approximate surface area is 506 Å². The van der Waals surface area contributed by atoms with Crippen LogP contribution in [-0.4, -0.2) is 178 Å². The van der Waals surface area contributed by atoms with Crippen molar-refractivity contribution in [1.82, 2.24) is 0 Å². The van der Waals surface area contributed by atoms with E-state index in [0.717, 1.165) is 10.8 Å². The van der Waals surface area contributed by atoms with Gasteiger partial charge in [0.1, 0.15) is 23.9 Å². The van der Waals surface area contributed by atoms with Crippen molar-refractivity contribution in [3.8, 4) is 0 Å². The second-order valence-corrected chi connectivity index (χ2v) is 41.0. The molecule has 0 radical (unpaired) electrons. The molecule has 2 aliphatic heterocycles. The quantitative estimate of drug-likeness (QED) is 0.0318. The van der Waals surface area contributed by atoms with Gasteiger partial charge in [-0.25, -0.2) is 4.79 Å². The fraction of sp³-hybridized carbons (Fsp3) is 0.651. The number of aliphatic hydroxyl groups excluding tert-OH is 5. The number of hydrogen-bond acceptors (Lipinski definition) is 20. The van der Waals surface area contributed by atoms with Gasteiger partial charge in [0.15, 0.2) is 11.4 Å². The number of carbonyl (C=O) groups excluding carboxylic acids is 6. The van der Waals surface area contributed by atoms with Crippen LogP contribution < -0.4 is 20.4 Å². The normalized spacial score (nSPS) is 40.5. The van der Waals surface area contributed by atoms with Crippen LogP contribution in [0.3, 0.4) is 0 Å². The van der Waals surface area contributed by atoms with E-state index in [0.29, 0.717) is 11.1 Å². The summed E-state index contributed by atoms with van der Waals surface area (Å²) in [5.41, 5.74) is -11.9. The molecule has 8 aliphatic rings. The molecule has 22 heteroatoms. The Kier molecular flexibility index (Phi) is 17.3. The summed E-state index contributed by atoms with van der Waals surface area (Å²) in [6, 6.07) is 16.4. The van der Waals surface area contributed by atoms with E-state index in [4.69, 9.17) is 32.8 Å². The Balaban J connectivity index is 0.000000206. The molecule has 0 spiro atoms. The molecule has 6 aliphatic carbocycles. The molecular weight excluding hydrogens is 1230 g/mol. The Morgan fingerprint density at radius 3 is 1.39 bits per heavy atom. The van der Waals surface area contributed by atoms with Crippen LogP contribution >= 0.6 is 0 Å². The summed E-state index contributed by atoms with van der Waals surface area (Å²) in [6.45, 7) is 21.6. The molecule has 6 fully saturated rings. The second kappa shape index (κ2) is 22.6. The first-order valence-electron chi connectivity index (χ1n) is 29.3. The maximum absolute atomic E-state index is 15.1. The SMILES string of the molecule is CC(=O)O[C@@]12CO[C@@H]1C[C@H](O)[C@@]1(C)C(=O)[C@H](O)C3=C(C)[C@@H](O)C[C@@](O)([C@@H](OC(=O)c4ccccc4)C12)C3(C)C.CCC[I-][Si](C)(C)O[C@H]1C[C@H]2OC[C@@]2(OC(C)=O)C2[C@H](OC(=O)c3ccccc3)[C@]3(O)C[C@H](O)C(C)=C([C@@H](O)C(=O)[C@@]21C)C3(C)C. The standard InChI is InChI=1S/C34H48IO10Si.C29H36O10/c1-9-15-35-46(7,8)45-23-16-24-33(18-42-24,44-20(3)36)27-29(43-30(40)21-13-11-10-12-14-21)34(41)17-22(37)19(2)25(31(34,4)5)26(38)28(39)32(23,27)6;1-14-17(31)12-29(36)24(38-25(35)16-9-7-6-8-10-16)22-27(5,23(34)21(33)20(14)26(29,3)4)18(32)11-19-28(22,13-37-19)39-15(2)30/h10-14,22-24,26-27,29,37-38,41H,9,15-18H2,1-8H3;6-10,17-19,21-22,24,31-33,36H,11-13H2,1-5H3/q-1;/t22-,23-,24+,26+,27?,29-,32+,33-,34+;17-,18-,19+,21+,22?,24-,27+,28-,29+/m00/s1. The zero-order valence-corrected chi connectivity index (χ0v) is 53.8. The van der Waals surface area contributed by atoms with E-state index in [2.05, 4.69) is 20.0 Å². The first-order chi connectivity index (χ1) is 39.5. The first-order valence-corrected chi connectivity index (χ1v) is 36.8. The third-order valence-corrected chi connectivity index (χ3v) is 31.5. The van der Waals surface area contributed by atoms with Crippen molar-refractivity contribution in [2.24, 2.45) is 33.5 Å². The molecule has 2 aromatic rings. The number of benzene rings is 2. The van der Waals surface area contributed by atoms with Crippen molar-refractivity contribution >= 4 is 41.3 Å². The number of fused-ring (bicyclic) bond motifs is 10. The molecule has 0 amide bonds. The molecule has 2 aromatic carbocycles. The molecule has 0 aromatic heterocycles. The fourth-order valence-electron chi connectivity index (χ4n) is 16.2. The number of carbonyl (C=O) groups is 6. The van der Waals surface area contributed by atoms with E-state index in [9.17, 15) is 59.7 Å². The van der Waals surface area contributed by atoms with Crippen molar-refractivity contribution in [1.29, 1.82) is 0 Å². The Morgan fingerprint density at radius 1 is 0.624 bits per heavy atom. The van der Waals surface area contributed by atoms with Gasteiger partial charge in [0, 0.05) is 25.2 Å². The maximum atomic E-state index is 15.1. The minimum atomic E-state index is -2.32. The monoisotopic (exact) mass is 1320 g/mol. The Morgan fingerprint density at radius 2 is 1.01 bits per heavy atom. The Bertz CT molecular complexity index is 3060. The van der Waals surface area contributed by atoms with E-state index >= 15 is 4.79 Å². The molecule has 2 heterocycles. The van der Waals surface area contributed by atoms with Gasteiger partial charge in [0.2, 0.25) is 0 Å². The predicted molar refractivity (Wildman–Crippen MR) is 302 cm³/mol. The summed E-state index contributed by atoms with van der Waals surface area (Å²) >= 11 is -0.337. The van der Waals surface area contributed by atoms with Crippen molar-refractivity contribution in [2.45, 2.75) is 205 Å². The third-order valence-electron chi connectivity index (χ3n) is 20.9. The van der Waals surface area contributed by atoms with Crippen LogP contribution in [0.15, 0.2) is 83.0 Å². The third kappa shape index (κ3) is 9.96. The van der Waals surface area contributed by atoms with Crippen LogP contribution in [0.25, 0.3) is 0 Å². The number of aliphatic hydroxyl groups is 7. The number of esters is 4. The van der Waals surface area contributed by atoms with Crippen LogP contribution in [0.1, 0.15) is 129 Å². The summed E-state index contributed by atoms with van der Waals surface area (Å²) in [7, 11) is 0. The van der Waals surface area contributed by atoms with E-state index in [-0.39, 0.29) is 81.6 Å². The molecule has 7 N–H and O–H groups in total. The molecule has 85 heavy (non-hydrogen) atoms. The van der Waals surface area contributed by atoms with Crippen LogP contribution in [0, 0.1) is 33.5 Å². The fourth-order valence-corrected chi connectivity index (χ4v) is 24.9. The second-order valence-electron chi connectivity index (χ2n) is 26.6. The average molecular weight is 1320 g/mol. The van der Waals surface area contributed by atoms with Crippen LogP contribution in [0.2, 0.25) is 13.1 Å². The van der Waals surface area contributed by atoms with Crippen LogP contribution in [0.4, 0.5) is 0 Å². The number of rotatable bonds is 11. The van der Waals surface area contributed by atoms with Gasteiger partial charge in [-0.3, -0.25) is 9.59 Å². The molecule has 10 rings (SSSR count). The van der Waals surface area contributed by atoms with E-state index < -0.39 is 158 Å². The summed E-state index contributed by atoms with van der Waals surface area (Å²) < 4.78 is 44.4. The number of halogens is 1. The van der Waals surface area contributed by atoms with Gasteiger partial charge in [-0.1, -0.05) is 32.0 Å². The minimum absolute atomic E-state index is 0.0828. The molecule has 2 unspecified atom stereocenters. The van der Waals surface area contributed by atoms with Gasteiger partial charge >= 0.3 is 295 Å². The molecule has 20 nitrogen and oxygen atoms in total. The van der Waals surface area contributed by atoms with E-state index in [1.54, 1.807) is 97.0 Å². The Hall–Kier alpha value is -4.31. The molecular formula is C63H84IO20Si-. The number of hydrogen-bond donors (Lipinski definition) is 7. The van der Waals surface area contributed by atoms with E-state index in [1.807, 2.05) is 0 Å². The zero-order valence-electron chi connectivity index (χ0n) is 50.7. The molecule has 468 valence electrons. The molecule has 4 saturated carbocycles. The van der Waals surface area contributed by atoms with Crippen molar-refractivity contribution < 1.29 is 118 Å². The van der Waals surface area contributed by atoms with Gasteiger partial charge < -0.3 is 34.6 Å². The number of Topliss-reactive ketones (excluding diaryl/α,β-unsaturated/α-hetero) is 2. The molecule has 18 atom stereocenters. The molecule has 2 saturated heterocycles. The number of ether oxygens (including phenoxy) is 6. The van der Waals surface area contributed by atoms with Crippen molar-refractivity contribution in [2.75, 3.05) is 17.6 Å². The topological polar surface area (TPSA) is 309 Å². The summed E-state index contributed by atoms with van der Waals surface area (Å²) in [4.78, 5) is 82.1. The van der Waals surface area contributed by atoms with Gasteiger partial charge in [-0.05, 0) is 37.1 Å². The number of ketones is 2. The number of alkyl halides is 1. The van der Waals surface area contributed by atoms with Gasteiger partial charge in [-0.15, -0.1) is 0 Å². The van der Waals surface area contributed by atoms with Crippen molar-refractivity contribution in [3.05, 3.63) is 94.1 Å². The summed E-state index contributed by atoms with van der Waals surface area (Å²) in [5, 5.41) is 83.2. The van der Waals surface area contributed by atoms with Crippen LogP contribution in [0.5, 0.6) is 0 Å². The van der Waals surface area contributed by atoms with Gasteiger partial charge in [0.05, 0.1) is 35.7 Å². The molecule has 4 bridgehead atoms. The summed E-state index contributed by atoms with van der Waals surface area (Å²) in [5.74, 6) is -9.06. The average Bonchev–Trinajstić information content (AvgIpc) is 0.720. The van der Waals surface area contributed by atoms with E-state index in [1.165, 1.54) is 32.9 Å². The summed E-state index contributed by atoms with van der Waals surface area (Å²) in [6.07, 6.45) is -12.2. The van der Waals surface area contributed by atoms with Crippen molar-refractivity contribution in [3.63, 3.8) is 0 Å². The van der Waals surface area contributed by atoms with Crippen LogP contribution in [-0.2, 0) is 52.0 Å². The zero-order chi connectivity index (χ0) is 62.7. The predicted octanol–water partition coefficient (Wildman–Crippen LogP) is 1.39. The van der Waals surface area contributed by atoms with Gasteiger partial charge in [0.25, 0.3) is 0 Å².